The number of carbonyl (C=O) groups is 2. The van der Waals surface area contributed by atoms with Crippen LogP contribution in [0.5, 0.6) is 0 Å². The van der Waals surface area contributed by atoms with Crippen molar-refractivity contribution in [1.82, 2.24) is 10.2 Å². The number of nitrogens with zero attached hydrogens (tertiary/aromatic N) is 2. The highest BCUT2D eigenvalue weighted by molar-refractivity contribution is 7.92. The molecule has 1 atom stereocenters. The molecule has 36 heavy (non-hydrogen) atoms. The third-order valence-electron chi connectivity index (χ3n) is 5.88. The Morgan fingerprint density at radius 2 is 1.42 bits per heavy atom. The summed E-state index contributed by atoms with van der Waals surface area (Å²) in [6, 6.07) is 25.1. The van der Waals surface area contributed by atoms with Crippen molar-refractivity contribution in [3.63, 3.8) is 0 Å². The zero-order chi connectivity index (χ0) is 26.1. The third kappa shape index (κ3) is 7.18. The fraction of sp³-hybridized carbons (Fsp3) is 0.286. The molecule has 1 N–H and O–H groups in total. The van der Waals surface area contributed by atoms with Crippen LogP contribution in [-0.2, 0) is 32.6 Å². The second-order valence-electron chi connectivity index (χ2n) is 8.66. The standard InChI is InChI=1S/C28H33N3O4S/c1-4-29-28(33)26(19-23-14-7-5-8-15-23)30(20-24-16-9-6-10-17-24)27(32)21-31(36(3,34)35)25-18-12-11-13-22(25)2/h5-18,26H,4,19-21H2,1-3H3,(H,29,33). The van der Waals surface area contributed by atoms with Crippen LogP contribution in [0.4, 0.5) is 5.69 Å². The summed E-state index contributed by atoms with van der Waals surface area (Å²) >= 11 is 0. The van der Waals surface area contributed by atoms with Crippen molar-refractivity contribution in [2.24, 2.45) is 0 Å². The Morgan fingerprint density at radius 3 is 1.97 bits per heavy atom. The van der Waals surface area contributed by atoms with Gasteiger partial charge in [-0.3, -0.25) is 13.9 Å². The highest BCUT2D eigenvalue weighted by Crippen LogP contribution is 2.23. The summed E-state index contributed by atoms with van der Waals surface area (Å²) in [7, 11) is -3.77. The maximum atomic E-state index is 13.9. The van der Waals surface area contributed by atoms with E-state index in [1.54, 1.807) is 25.1 Å². The molecule has 0 aromatic heterocycles. The molecule has 0 saturated carbocycles. The van der Waals surface area contributed by atoms with Crippen LogP contribution in [0.15, 0.2) is 84.9 Å². The SMILES string of the molecule is CCNC(=O)C(Cc1ccccc1)N(Cc1ccccc1)C(=O)CN(c1ccccc1C)S(C)(=O)=O. The minimum atomic E-state index is -3.77. The van der Waals surface area contributed by atoms with E-state index in [1.807, 2.05) is 73.7 Å². The molecular weight excluding hydrogens is 474 g/mol. The first-order valence-corrected chi connectivity index (χ1v) is 13.7. The molecule has 0 aliphatic carbocycles. The number of anilines is 1. The lowest BCUT2D eigenvalue weighted by Crippen LogP contribution is -2.53. The van der Waals surface area contributed by atoms with Gasteiger partial charge in [-0.1, -0.05) is 78.9 Å². The Bertz CT molecular complexity index is 1260. The highest BCUT2D eigenvalue weighted by atomic mass is 32.2. The Hall–Kier alpha value is -3.65. The van der Waals surface area contributed by atoms with Crippen LogP contribution in [0, 0.1) is 6.92 Å². The van der Waals surface area contributed by atoms with Gasteiger partial charge in [-0.2, -0.15) is 0 Å². The molecule has 0 bridgehead atoms. The van der Waals surface area contributed by atoms with Crippen LogP contribution in [0.3, 0.4) is 0 Å². The number of hydrogen-bond acceptors (Lipinski definition) is 4. The molecule has 3 aromatic rings. The van der Waals surface area contributed by atoms with Crippen molar-refractivity contribution in [3.05, 3.63) is 102 Å². The van der Waals surface area contributed by atoms with Crippen molar-refractivity contribution < 1.29 is 18.0 Å². The van der Waals surface area contributed by atoms with Crippen LogP contribution < -0.4 is 9.62 Å². The molecule has 0 aliphatic rings. The van der Waals surface area contributed by atoms with E-state index in [-0.39, 0.29) is 12.5 Å². The molecule has 8 heteroatoms. The molecule has 3 rings (SSSR count). The maximum absolute atomic E-state index is 13.9. The van der Waals surface area contributed by atoms with Crippen molar-refractivity contribution >= 4 is 27.5 Å². The van der Waals surface area contributed by atoms with E-state index in [1.165, 1.54) is 4.90 Å². The normalized spacial score (nSPS) is 12.0. The summed E-state index contributed by atoms with van der Waals surface area (Å²) in [6.07, 6.45) is 1.38. The minimum absolute atomic E-state index is 0.166. The molecule has 190 valence electrons. The first-order valence-electron chi connectivity index (χ1n) is 11.9. The van der Waals surface area contributed by atoms with E-state index in [0.717, 1.165) is 27.3 Å². The minimum Gasteiger partial charge on any atom is -0.355 e. The molecule has 0 radical (unpaired) electrons. The molecule has 0 spiro atoms. The van der Waals surface area contributed by atoms with Crippen LogP contribution in [0.25, 0.3) is 0 Å². The average Bonchev–Trinajstić information content (AvgIpc) is 2.86. The number of rotatable bonds is 11. The van der Waals surface area contributed by atoms with Crippen LogP contribution in [0.2, 0.25) is 0 Å². The number of carbonyl (C=O) groups excluding carboxylic acids is 2. The first-order chi connectivity index (χ1) is 17.2. The van der Waals surface area contributed by atoms with E-state index in [0.29, 0.717) is 18.7 Å². The molecule has 7 nitrogen and oxygen atoms in total. The summed E-state index contributed by atoms with van der Waals surface area (Å²) in [6.45, 7) is 3.79. The van der Waals surface area contributed by atoms with Gasteiger partial charge in [-0.05, 0) is 36.6 Å². The second-order valence-corrected chi connectivity index (χ2v) is 10.6. The predicted molar refractivity (Wildman–Crippen MR) is 143 cm³/mol. The summed E-state index contributed by atoms with van der Waals surface area (Å²) in [5, 5.41) is 2.85. The van der Waals surface area contributed by atoms with Crippen LogP contribution in [0.1, 0.15) is 23.6 Å². The van der Waals surface area contributed by atoms with Gasteiger partial charge in [0, 0.05) is 19.5 Å². The predicted octanol–water partition coefficient (Wildman–Crippen LogP) is 3.54. The lowest BCUT2D eigenvalue weighted by molar-refractivity contribution is -0.140. The van der Waals surface area contributed by atoms with Crippen molar-refractivity contribution in [1.29, 1.82) is 0 Å². The number of likely N-dealkylation sites (N-methyl/N-ethyl adjacent to an activating group) is 1. The highest BCUT2D eigenvalue weighted by Gasteiger charge is 2.33. The van der Waals surface area contributed by atoms with Gasteiger partial charge in [0.25, 0.3) is 0 Å². The van der Waals surface area contributed by atoms with Crippen LogP contribution in [-0.4, -0.2) is 50.5 Å². The molecule has 2 amide bonds. The average molecular weight is 508 g/mol. The van der Waals surface area contributed by atoms with E-state index < -0.39 is 28.5 Å². The lowest BCUT2D eigenvalue weighted by Gasteiger charge is -2.33. The summed E-state index contributed by atoms with van der Waals surface area (Å²) in [4.78, 5) is 28.6. The second kappa shape index (κ2) is 12.4. The quantitative estimate of drug-likeness (QED) is 0.430. The van der Waals surface area contributed by atoms with Gasteiger partial charge in [-0.25, -0.2) is 8.42 Å². The Labute approximate surface area is 213 Å². The van der Waals surface area contributed by atoms with Crippen molar-refractivity contribution in [2.45, 2.75) is 32.9 Å². The van der Waals surface area contributed by atoms with Gasteiger partial charge in [-0.15, -0.1) is 0 Å². The molecule has 3 aromatic carbocycles. The molecule has 1 unspecified atom stereocenters. The van der Waals surface area contributed by atoms with Crippen molar-refractivity contribution in [3.8, 4) is 0 Å². The topological polar surface area (TPSA) is 86.8 Å². The number of nitrogens with one attached hydrogen (secondary N) is 1. The fourth-order valence-corrected chi connectivity index (χ4v) is 4.97. The molecule has 0 heterocycles. The monoisotopic (exact) mass is 507 g/mol. The fourth-order valence-electron chi connectivity index (χ4n) is 4.06. The summed E-state index contributed by atoms with van der Waals surface area (Å²) in [5.41, 5.74) is 2.91. The largest absolute Gasteiger partial charge is 0.355 e. The van der Waals surface area contributed by atoms with Gasteiger partial charge in [0.1, 0.15) is 12.6 Å². The zero-order valence-electron chi connectivity index (χ0n) is 20.9. The molecule has 0 saturated heterocycles. The van der Waals surface area contributed by atoms with E-state index in [4.69, 9.17) is 0 Å². The van der Waals surface area contributed by atoms with E-state index >= 15 is 0 Å². The molecular formula is C28H33N3O4S. The van der Waals surface area contributed by atoms with Gasteiger partial charge in [0.15, 0.2) is 0 Å². The Morgan fingerprint density at radius 1 is 0.861 bits per heavy atom. The maximum Gasteiger partial charge on any atom is 0.244 e. The molecule has 0 fully saturated rings. The number of aryl methyl sites for hydroxylation is 1. The third-order valence-corrected chi connectivity index (χ3v) is 7.01. The lowest BCUT2D eigenvalue weighted by atomic mass is 10.0. The first kappa shape index (κ1) is 26.9. The van der Waals surface area contributed by atoms with Crippen molar-refractivity contribution in [2.75, 3.05) is 23.7 Å². The Balaban J connectivity index is 2.03. The van der Waals surface area contributed by atoms with Crippen LogP contribution >= 0.6 is 0 Å². The zero-order valence-corrected chi connectivity index (χ0v) is 21.7. The summed E-state index contributed by atoms with van der Waals surface area (Å²) < 4.78 is 26.7. The number of para-hydroxylation sites is 1. The number of sulfonamides is 1. The smallest absolute Gasteiger partial charge is 0.244 e. The van der Waals surface area contributed by atoms with E-state index in [9.17, 15) is 18.0 Å². The number of amides is 2. The van der Waals surface area contributed by atoms with Gasteiger partial charge in [0.05, 0.1) is 11.9 Å². The Kier molecular flexibility index (Phi) is 9.25. The molecule has 0 aliphatic heterocycles. The van der Waals surface area contributed by atoms with Gasteiger partial charge in [0.2, 0.25) is 21.8 Å². The van der Waals surface area contributed by atoms with E-state index in [2.05, 4.69) is 5.32 Å². The number of hydrogen-bond donors (Lipinski definition) is 1. The van der Waals surface area contributed by atoms with Gasteiger partial charge >= 0.3 is 0 Å². The van der Waals surface area contributed by atoms with Gasteiger partial charge < -0.3 is 10.2 Å². The summed E-state index contributed by atoms with van der Waals surface area (Å²) in [5.74, 6) is -0.743. The number of benzene rings is 3.